The molecule has 4 nitrogen and oxygen atoms in total. The Labute approximate surface area is 125 Å². The summed E-state index contributed by atoms with van der Waals surface area (Å²) in [6, 6.07) is 7.52. The Morgan fingerprint density at radius 3 is 2.71 bits per heavy atom. The van der Waals surface area contributed by atoms with Crippen molar-refractivity contribution < 1.29 is 9.90 Å². The van der Waals surface area contributed by atoms with Gasteiger partial charge in [0.15, 0.2) is 0 Å². The summed E-state index contributed by atoms with van der Waals surface area (Å²) in [7, 11) is 0. The van der Waals surface area contributed by atoms with Crippen LogP contribution in [0, 0.1) is 11.3 Å². The molecule has 1 atom stereocenters. The highest BCUT2D eigenvalue weighted by atomic mass is 16.3. The van der Waals surface area contributed by atoms with Gasteiger partial charge in [-0.25, -0.2) is 0 Å². The number of hydrogen-bond acceptors (Lipinski definition) is 2. The molecule has 0 saturated carbocycles. The van der Waals surface area contributed by atoms with Gasteiger partial charge in [0.05, 0.1) is 6.10 Å². The van der Waals surface area contributed by atoms with E-state index in [4.69, 9.17) is 0 Å². The summed E-state index contributed by atoms with van der Waals surface area (Å²) in [5, 5.41) is 14.1. The van der Waals surface area contributed by atoms with E-state index < -0.39 is 6.10 Å². The van der Waals surface area contributed by atoms with E-state index in [2.05, 4.69) is 10.3 Å². The van der Waals surface area contributed by atoms with Gasteiger partial charge in [0.2, 0.25) is 0 Å². The van der Waals surface area contributed by atoms with Crippen LogP contribution in [-0.2, 0) is 0 Å². The normalized spacial score (nSPS) is 13.6. The summed E-state index contributed by atoms with van der Waals surface area (Å²) in [5.74, 6) is 0.0502. The van der Waals surface area contributed by atoms with Gasteiger partial charge in [0, 0.05) is 34.6 Å². The summed E-state index contributed by atoms with van der Waals surface area (Å²) in [6.07, 6.45) is 1.37. The molecule has 1 aromatic carbocycles. The molecule has 3 N–H and O–H groups in total. The number of amides is 1. The van der Waals surface area contributed by atoms with Crippen molar-refractivity contribution in [2.75, 3.05) is 6.54 Å². The molecule has 0 radical (unpaired) electrons. The Bertz CT molecular complexity index is 629. The molecule has 2 aromatic rings. The van der Waals surface area contributed by atoms with Gasteiger partial charge in [-0.15, -0.1) is 0 Å². The quantitative estimate of drug-likeness (QED) is 0.792. The summed E-state index contributed by atoms with van der Waals surface area (Å²) in [5.41, 5.74) is 1.24. The number of carbonyl (C=O) groups is 1. The first kappa shape index (κ1) is 15.6. The molecule has 1 heterocycles. The molecule has 114 valence electrons. The largest absolute Gasteiger partial charge is 0.392 e. The highest BCUT2D eigenvalue weighted by Crippen LogP contribution is 2.25. The van der Waals surface area contributed by atoms with Gasteiger partial charge in [-0.2, -0.15) is 0 Å². The van der Waals surface area contributed by atoms with E-state index >= 15 is 0 Å². The SMILES string of the molecule is CC(C)C(O)C(C)(C)CNC(=O)c1cccc2[nH]ccc12. The van der Waals surface area contributed by atoms with Crippen LogP contribution in [0.25, 0.3) is 10.9 Å². The first-order chi connectivity index (χ1) is 9.83. The number of fused-ring (bicyclic) bond motifs is 1. The standard InChI is InChI=1S/C17H24N2O2/c1-11(2)15(20)17(3,4)10-19-16(21)13-6-5-7-14-12(13)8-9-18-14/h5-9,11,15,18,20H,10H2,1-4H3,(H,19,21). The number of H-pyrrole nitrogens is 1. The highest BCUT2D eigenvalue weighted by molar-refractivity contribution is 6.06. The summed E-state index contributed by atoms with van der Waals surface area (Å²) < 4.78 is 0. The third-order valence-corrected chi connectivity index (χ3v) is 3.98. The first-order valence-corrected chi connectivity index (χ1v) is 7.35. The Balaban J connectivity index is 2.10. The number of benzene rings is 1. The molecular formula is C17H24N2O2. The van der Waals surface area contributed by atoms with Crippen LogP contribution in [0.4, 0.5) is 0 Å². The molecule has 0 saturated heterocycles. The Morgan fingerprint density at radius 2 is 2.05 bits per heavy atom. The lowest BCUT2D eigenvalue weighted by Gasteiger charge is -2.33. The van der Waals surface area contributed by atoms with E-state index in [1.165, 1.54) is 0 Å². The lowest BCUT2D eigenvalue weighted by Crippen LogP contribution is -2.43. The van der Waals surface area contributed by atoms with Crippen molar-refractivity contribution in [1.29, 1.82) is 0 Å². The fourth-order valence-electron chi connectivity index (χ4n) is 2.69. The topological polar surface area (TPSA) is 65.1 Å². The number of aliphatic hydroxyl groups is 1. The predicted molar refractivity (Wildman–Crippen MR) is 85.3 cm³/mol. The molecule has 0 bridgehead atoms. The summed E-state index contributed by atoms with van der Waals surface area (Å²) in [6.45, 7) is 8.33. The summed E-state index contributed by atoms with van der Waals surface area (Å²) in [4.78, 5) is 15.5. The number of hydrogen-bond donors (Lipinski definition) is 3. The molecule has 0 aliphatic rings. The van der Waals surface area contributed by atoms with E-state index in [0.717, 1.165) is 10.9 Å². The van der Waals surface area contributed by atoms with Crippen LogP contribution in [-0.4, -0.2) is 28.6 Å². The van der Waals surface area contributed by atoms with Crippen LogP contribution in [0.2, 0.25) is 0 Å². The average molecular weight is 288 g/mol. The third-order valence-electron chi connectivity index (χ3n) is 3.98. The van der Waals surface area contributed by atoms with Crippen LogP contribution in [0.15, 0.2) is 30.5 Å². The van der Waals surface area contributed by atoms with Crippen LogP contribution in [0.3, 0.4) is 0 Å². The molecule has 0 fully saturated rings. The predicted octanol–water partition coefficient (Wildman–Crippen LogP) is 2.94. The van der Waals surface area contributed by atoms with Crippen molar-refractivity contribution in [1.82, 2.24) is 10.3 Å². The maximum absolute atomic E-state index is 12.4. The van der Waals surface area contributed by atoms with Crippen molar-refractivity contribution in [2.24, 2.45) is 11.3 Å². The molecule has 2 rings (SSSR count). The zero-order valence-corrected chi connectivity index (χ0v) is 13.1. The van der Waals surface area contributed by atoms with Crippen LogP contribution in [0.1, 0.15) is 38.1 Å². The minimum atomic E-state index is -0.458. The van der Waals surface area contributed by atoms with E-state index in [0.29, 0.717) is 12.1 Å². The third kappa shape index (κ3) is 3.27. The minimum Gasteiger partial charge on any atom is -0.392 e. The molecule has 21 heavy (non-hydrogen) atoms. The Morgan fingerprint density at radius 1 is 1.33 bits per heavy atom. The summed E-state index contributed by atoms with van der Waals surface area (Å²) >= 11 is 0. The maximum Gasteiger partial charge on any atom is 0.251 e. The van der Waals surface area contributed by atoms with E-state index in [9.17, 15) is 9.90 Å². The minimum absolute atomic E-state index is 0.107. The van der Waals surface area contributed by atoms with Gasteiger partial charge in [-0.05, 0) is 24.1 Å². The smallest absolute Gasteiger partial charge is 0.251 e. The maximum atomic E-state index is 12.4. The number of aromatic amines is 1. The lowest BCUT2D eigenvalue weighted by atomic mass is 9.80. The lowest BCUT2D eigenvalue weighted by molar-refractivity contribution is 0.0138. The number of rotatable bonds is 5. The fourth-order valence-corrected chi connectivity index (χ4v) is 2.69. The van der Waals surface area contributed by atoms with Gasteiger partial charge < -0.3 is 15.4 Å². The van der Waals surface area contributed by atoms with Crippen LogP contribution < -0.4 is 5.32 Å². The first-order valence-electron chi connectivity index (χ1n) is 7.35. The molecule has 1 unspecified atom stereocenters. The molecule has 0 aliphatic heterocycles. The van der Waals surface area contributed by atoms with Crippen molar-refractivity contribution in [3.8, 4) is 0 Å². The molecule has 0 spiro atoms. The van der Waals surface area contributed by atoms with Gasteiger partial charge in [-0.1, -0.05) is 33.8 Å². The highest BCUT2D eigenvalue weighted by Gasteiger charge is 2.30. The fraction of sp³-hybridized carbons (Fsp3) is 0.471. The van der Waals surface area contributed by atoms with E-state index in [1.807, 2.05) is 58.2 Å². The molecule has 1 aromatic heterocycles. The van der Waals surface area contributed by atoms with Crippen LogP contribution >= 0.6 is 0 Å². The Hall–Kier alpha value is -1.81. The molecule has 4 heteroatoms. The van der Waals surface area contributed by atoms with Gasteiger partial charge >= 0.3 is 0 Å². The molecular weight excluding hydrogens is 264 g/mol. The monoisotopic (exact) mass is 288 g/mol. The Kier molecular flexibility index (Phi) is 4.37. The van der Waals surface area contributed by atoms with Crippen molar-refractivity contribution in [3.63, 3.8) is 0 Å². The van der Waals surface area contributed by atoms with E-state index in [-0.39, 0.29) is 17.2 Å². The number of carbonyl (C=O) groups excluding carboxylic acids is 1. The second kappa shape index (κ2) is 5.90. The zero-order chi connectivity index (χ0) is 15.6. The number of aromatic nitrogens is 1. The molecule has 0 aliphatic carbocycles. The van der Waals surface area contributed by atoms with Crippen LogP contribution in [0.5, 0.6) is 0 Å². The van der Waals surface area contributed by atoms with Gasteiger partial charge in [0.25, 0.3) is 5.91 Å². The van der Waals surface area contributed by atoms with E-state index in [1.54, 1.807) is 0 Å². The second-order valence-electron chi connectivity index (χ2n) is 6.60. The van der Waals surface area contributed by atoms with Crippen molar-refractivity contribution >= 4 is 16.8 Å². The molecule has 1 amide bonds. The van der Waals surface area contributed by atoms with Gasteiger partial charge in [0.1, 0.15) is 0 Å². The second-order valence-corrected chi connectivity index (χ2v) is 6.60. The number of nitrogens with one attached hydrogen (secondary N) is 2. The zero-order valence-electron chi connectivity index (χ0n) is 13.1. The number of aliphatic hydroxyl groups excluding tert-OH is 1. The van der Waals surface area contributed by atoms with Crippen molar-refractivity contribution in [3.05, 3.63) is 36.0 Å². The van der Waals surface area contributed by atoms with Crippen molar-refractivity contribution in [2.45, 2.75) is 33.8 Å². The average Bonchev–Trinajstić information content (AvgIpc) is 2.92. The van der Waals surface area contributed by atoms with Gasteiger partial charge in [-0.3, -0.25) is 4.79 Å².